The molecule has 1 atom stereocenters. The molecule has 1 spiro atoms. The Balaban J connectivity index is 1.03. The van der Waals surface area contributed by atoms with E-state index in [0.717, 1.165) is 39.1 Å². The van der Waals surface area contributed by atoms with Crippen molar-refractivity contribution in [2.75, 3.05) is 38.2 Å². The average Bonchev–Trinajstić information content (AvgIpc) is 3.61. The molecule has 3 aromatic heterocycles. The summed E-state index contributed by atoms with van der Waals surface area (Å²) in [4.78, 5) is 11.2. The molecular weight excluding hydrogens is 607 g/mol. The highest BCUT2D eigenvalue weighted by Gasteiger charge is 2.55. The molecule has 0 bridgehead atoms. The molecule has 3 aliphatic rings. The molecule has 1 aliphatic carbocycles. The monoisotopic (exact) mass is 637 g/mol. The molecule has 14 nitrogen and oxygen atoms in total. The number of nitrogens with one attached hydrogen (secondary N) is 1. The van der Waals surface area contributed by atoms with Crippen molar-refractivity contribution in [3.63, 3.8) is 0 Å². The third kappa shape index (κ3) is 6.30. The van der Waals surface area contributed by atoms with Crippen molar-refractivity contribution >= 4 is 11.6 Å². The Morgan fingerprint density at radius 3 is 2.59 bits per heavy atom. The van der Waals surface area contributed by atoms with Crippen LogP contribution in [0.3, 0.4) is 0 Å². The highest BCUT2D eigenvalue weighted by atomic mass is 19.4. The summed E-state index contributed by atoms with van der Waals surface area (Å²) in [5.41, 5.74) is 2.17. The summed E-state index contributed by atoms with van der Waals surface area (Å²) in [7, 11) is 0. The van der Waals surface area contributed by atoms with Gasteiger partial charge in [0, 0.05) is 31.0 Å². The van der Waals surface area contributed by atoms with Crippen molar-refractivity contribution in [3.8, 4) is 28.8 Å². The molecule has 2 aliphatic heterocycles. The van der Waals surface area contributed by atoms with Gasteiger partial charge in [-0.05, 0) is 53.3 Å². The number of ether oxygens (including phenoxy) is 3. The third-order valence-corrected chi connectivity index (χ3v) is 8.49. The normalized spacial score (nSPS) is 18.7. The minimum atomic E-state index is -4.52. The van der Waals surface area contributed by atoms with Crippen LogP contribution in [0.1, 0.15) is 31.4 Å². The Morgan fingerprint density at radius 1 is 1.15 bits per heavy atom. The van der Waals surface area contributed by atoms with E-state index in [1.165, 1.54) is 11.0 Å². The number of tetrazole rings is 1. The van der Waals surface area contributed by atoms with Gasteiger partial charge in [-0.15, -0.1) is 10.2 Å². The van der Waals surface area contributed by atoms with Gasteiger partial charge < -0.3 is 19.5 Å². The molecular formula is C29H30F3N11O3. The second-order valence-corrected chi connectivity index (χ2v) is 12.1. The number of likely N-dealkylation sites (tertiary alicyclic amines) is 1. The molecule has 0 amide bonds. The molecule has 4 aromatic rings. The predicted octanol–water partition coefficient (Wildman–Crippen LogP) is 3.39. The number of nitriles is 1. The van der Waals surface area contributed by atoms with Gasteiger partial charge in [-0.1, -0.05) is 6.07 Å². The number of benzene rings is 1. The van der Waals surface area contributed by atoms with Gasteiger partial charge in [0.15, 0.2) is 6.61 Å². The standard InChI is InChI=1S/C29H30F3N11O3/c1-18(10-42-17-36-39-40-42)46-25-4-19(2-3-20(25)7-33)21-8-34-27(35-9-21)37-24-11-43(38-26(24)45-16-29(30,31)32)22-5-28(6-22)14-41(15-28)23-12-44-13-23/h2-4,8-9,11,17-18,22-23H,5-6,10,12-16H2,1H3,(H,34,35,37)/t18-/m0/s1. The number of hydrogen-bond donors (Lipinski definition) is 1. The van der Waals surface area contributed by atoms with Gasteiger partial charge in [0.25, 0.3) is 5.88 Å². The number of aromatic nitrogens is 8. The number of rotatable bonds is 11. The van der Waals surface area contributed by atoms with Gasteiger partial charge in [-0.3, -0.25) is 9.58 Å². The van der Waals surface area contributed by atoms with Crippen molar-refractivity contribution < 1.29 is 27.4 Å². The van der Waals surface area contributed by atoms with Crippen LogP contribution in [0.15, 0.2) is 43.1 Å². The summed E-state index contributed by atoms with van der Waals surface area (Å²) in [5.74, 6) is 0.367. The molecule has 7 rings (SSSR count). The quantitative estimate of drug-likeness (QED) is 0.256. The van der Waals surface area contributed by atoms with Crippen molar-refractivity contribution in [1.82, 2.24) is 44.9 Å². The van der Waals surface area contributed by atoms with Gasteiger partial charge in [0.05, 0.1) is 43.6 Å². The summed E-state index contributed by atoms with van der Waals surface area (Å²) >= 11 is 0. The first-order chi connectivity index (χ1) is 22.1. The molecule has 1 saturated carbocycles. The van der Waals surface area contributed by atoms with Crippen molar-refractivity contribution in [1.29, 1.82) is 5.26 Å². The molecule has 3 fully saturated rings. The van der Waals surface area contributed by atoms with E-state index in [1.54, 1.807) is 41.5 Å². The molecule has 1 aromatic carbocycles. The van der Waals surface area contributed by atoms with Crippen LogP contribution in [0.25, 0.3) is 11.1 Å². The van der Waals surface area contributed by atoms with E-state index in [0.29, 0.717) is 35.0 Å². The van der Waals surface area contributed by atoms with E-state index in [2.05, 4.69) is 46.9 Å². The van der Waals surface area contributed by atoms with E-state index in [4.69, 9.17) is 14.2 Å². The Bertz CT molecular complexity index is 1700. The number of halogens is 3. The zero-order chi connectivity index (χ0) is 31.9. The maximum absolute atomic E-state index is 13.0. The summed E-state index contributed by atoms with van der Waals surface area (Å²) in [6, 6.07) is 7.82. The zero-order valence-corrected chi connectivity index (χ0v) is 24.8. The first-order valence-corrected chi connectivity index (χ1v) is 14.8. The molecule has 1 N–H and O–H groups in total. The van der Waals surface area contributed by atoms with Crippen LogP contribution in [-0.2, 0) is 11.3 Å². The number of hydrogen-bond acceptors (Lipinski definition) is 12. The Kier molecular flexibility index (Phi) is 7.69. The topological polar surface area (TPSA) is 154 Å². The van der Waals surface area contributed by atoms with Crippen LogP contribution >= 0.6 is 0 Å². The Hall–Kier alpha value is -4.82. The number of nitrogens with zero attached hydrogens (tertiary/aromatic N) is 10. The second-order valence-electron chi connectivity index (χ2n) is 12.1. The minimum absolute atomic E-state index is 0.0651. The van der Waals surface area contributed by atoms with Gasteiger partial charge in [0.2, 0.25) is 5.95 Å². The Labute approximate surface area is 261 Å². The van der Waals surface area contributed by atoms with Crippen LogP contribution in [0.4, 0.5) is 24.8 Å². The van der Waals surface area contributed by atoms with Crippen LogP contribution in [0.5, 0.6) is 11.6 Å². The highest BCUT2D eigenvalue weighted by molar-refractivity contribution is 5.67. The van der Waals surface area contributed by atoms with Crippen molar-refractivity contribution in [2.24, 2.45) is 5.41 Å². The summed E-state index contributed by atoms with van der Waals surface area (Å²) in [6.45, 7) is 4.33. The molecule has 17 heteroatoms. The molecule has 46 heavy (non-hydrogen) atoms. The first-order valence-electron chi connectivity index (χ1n) is 14.8. The maximum Gasteiger partial charge on any atom is 0.422 e. The van der Waals surface area contributed by atoms with Crippen LogP contribution in [-0.4, -0.2) is 96.1 Å². The SMILES string of the molecule is C[C@@H](Cn1cnnn1)Oc1cc(-c2cnc(Nc3cn(C4CC5(C4)CN(C4COC4)C5)nc3OCC(F)(F)F)nc2)ccc1C#N. The van der Waals surface area contributed by atoms with Crippen LogP contribution in [0.2, 0.25) is 0 Å². The second kappa shape index (κ2) is 11.8. The van der Waals surface area contributed by atoms with Crippen molar-refractivity contribution in [3.05, 3.63) is 48.7 Å². The fourth-order valence-electron chi connectivity index (χ4n) is 6.13. The lowest BCUT2D eigenvalue weighted by Gasteiger charge is -2.61. The minimum Gasteiger partial charge on any atom is -0.487 e. The predicted molar refractivity (Wildman–Crippen MR) is 154 cm³/mol. The summed E-state index contributed by atoms with van der Waals surface area (Å²) < 4.78 is 58.6. The smallest absolute Gasteiger partial charge is 0.422 e. The summed E-state index contributed by atoms with van der Waals surface area (Å²) in [5, 5.41) is 28.0. The third-order valence-electron chi connectivity index (χ3n) is 8.49. The fraction of sp³-hybridized carbons (Fsp3) is 0.483. The molecule has 5 heterocycles. The lowest BCUT2D eigenvalue weighted by Crippen LogP contribution is -2.68. The average molecular weight is 638 g/mol. The zero-order valence-electron chi connectivity index (χ0n) is 24.8. The van der Waals surface area contributed by atoms with E-state index >= 15 is 0 Å². The van der Waals surface area contributed by atoms with E-state index in [-0.39, 0.29) is 35.1 Å². The van der Waals surface area contributed by atoms with Gasteiger partial charge in [-0.25, -0.2) is 14.6 Å². The lowest BCUT2D eigenvalue weighted by molar-refractivity contribution is -0.166. The highest BCUT2D eigenvalue weighted by Crippen LogP contribution is 2.55. The maximum atomic E-state index is 13.0. The van der Waals surface area contributed by atoms with Gasteiger partial charge in [0.1, 0.15) is 29.9 Å². The lowest BCUT2D eigenvalue weighted by atomic mass is 9.60. The van der Waals surface area contributed by atoms with Gasteiger partial charge in [-0.2, -0.15) is 18.4 Å². The fourth-order valence-corrected chi connectivity index (χ4v) is 6.13. The number of alkyl halides is 3. The largest absolute Gasteiger partial charge is 0.487 e. The van der Waals surface area contributed by atoms with Gasteiger partial charge >= 0.3 is 6.18 Å². The molecule has 2 saturated heterocycles. The van der Waals surface area contributed by atoms with E-state index < -0.39 is 12.8 Å². The number of anilines is 2. The van der Waals surface area contributed by atoms with Crippen LogP contribution < -0.4 is 14.8 Å². The van der Waals surface area contributed by atoms with Crippen LogP contribution in [0, 0.1) is 16.7 Å². The first kappa shape index (κ1) is 29.9. The Morgan fingerprint density at radius 2 is 1.93 bits per heavy atom. The van der Waals surface area contributed by atoms with E-state index in [9.17, 15) is 18.4 Å². The molecule has 0 radical (unpaired) electrons. The summed E-state index contributed by atoms with van der Waals surface area (Å²) in [6.07, 6.45) is 3.20. The molecule has 0 unspecified atom stereocenters. The van der Waals surface area contributed by atoms with Crippen molar-refractivity contribution in [2.45, 2.75) is 50.7 Å². The van der Waals surface area contributed by atoms with E-state index in [1.807, 2.05) is 6.92 Å². The molecule has 240 valence electrons.